The van der Waals surface area contributed by atoms with Crippen LogP contribution in [0.15, 0.2) is 62.6 Å². The standard InChI is InChI=1S/C21H20N4O3S/c1-4-26-17-11-9-16(10-12-17)20-24-25-21(28-20)29-14(3)18-22-23-19(27-18)15-7-5-13(2)6-8-15/h5-12,14H,4H2,1-3H3/t14-/m1/s1. The number of rotatable bonds is 7. The Balaban J connectivity index is 1.44. The maximum atomic E-state index is 5.82. The zero-order valence-corrected chi connectivity index (χ0v) is 17.1. The lowest BCUT2D eigenvalue weighted by atomic mass is 10.1. The number of hydrogen-bond acceptors (Lipinski definition) is 8. The molecule has 4 rings (SSSR count). The van der Waals surface area contributed by atoms with Crippen LogP contribution in [0, 0.1) is 6.92 Å². The number of aromatic nitrogens is 4. The van der Waals surface area contributed by atoms with Crippen molar-refractivity contribution in [3.05, 3.63) is 60.0 Å². The van der Waals surface area contributed by atoms with Crippen LogP contribution in [0.25, 0.3) is 22.9 Å². The molecule has 29 heavy (non-hydrogen) atoms. The Bertz CT molecular complexity index is 1070. The van der Waals surface area contributed by atoms with E-state index in [0.29, 0.717) is 29.5 Å². The van der Waals surface area contributed by atoms with Crippen molar-refractivity contribution in [2.45, 2.75) is 31.2 Å². The molecule has 0 amide bonds. The molecule has 0 spiro atoms. The second-order valence-corrected chi connectivity index (χ2v) is 7.69. The second kappa shape index (κ2) is 8.48. The van der Waals surface area contributed by atoms with E-state index in [1.54, 1.807) is 0 Å². The number of benzene rings is 2. The Labute approximate surface area is 172 Å². The van der Waals surface area contributed by atoms with Gasteiger partial charge in [-0.2, -0.15) is 0 Å². The van der Waals surface area contributed by atoms with Gasteiger partial charge in [-0.25, -0.2) is 0 Å². The van der Waals surface area contributed by atoms with Crippen LogP contribution >= 0.6 is 11.8 Å². The molecule has 0 saturated carbocycles. The van der Waals surface area contributed by atoms with Crippen molar-refractivity contribution >= 4 is 11.8 Å². The molecule has 8 heteroatoms. The van der Waals surface area contributed by atoms with Gasteiger partial charge in [-0.15, -0.1) is 20.4 Å². The van der Waals surface area contributed by atoms with E-state index in [1.165, 1.54) is 17.3 Å². The van der Waals surface area contributed by atoms with E-state index in [0.717, 1.165) is 16.9 Å². The van der Waals surface area contributed by atoms with Crippen LogP contribution in [-0.2, 0) is 0 Å². The van der Waals surface area contributed by atoms with Crippen molar-refractivity contribution in [1.82, 2.24) is 20.4 Å². The van der Waals surface area contributed by atoms with Gasteiger partial charge in [-0.1, -0.05) is 29.5 Å². The van der Waals surface area contributed by atoms with E-state index in [2.05, 4.69) is 20.4 Å². The number of ether oxygens (including phenoxy) is 1. The lowest BCUT2D eigenvalue weighted by Crippen LogP contribution is -1.90. The SMILES string of the molecule is CCOc1ccc(-c2nnc(S[C@H](C)c3nnc(-c4ccc(C)cc4)o3)o2)cc1. The molecule has 148 valence electrons. The third kappa shape index (κ3) is 4.48. The monoisotopic (exact) mass is 408 g/mol. The van der Waals surface area contributed by atoms with Gasteiger partial charge in [0.25, 0.3) is 5.22 Å². The zero-order chi connectivity index (χ0) is 20.2. The molecule has 0 fully saturated rings. The maximum Gasteiger partial charge on any atom is 0.277 e. The van der Waals surface area contributed by atoms with E-state index < -0.39 is 0 Å². The average Bonchev–Trinajstić information content (AvgIpc) is 3.39. The quantitative estimate of drug-likeness (QED) is 0.378. The molecule has 0 radical (unpaired) electrons. The number of thioether (sulfide) groups is 1. The Kier molecular flexibility index (Phi) is 5.62. The van der Waals surface area contributed by atoms with Crippen LogP contribution in [0.5, 0.6) is 5.75 Å². The van der Waals surface area contributed by atoms with Crippen molar-refractivity contribution in [3.8, 4) is 28.7 Å². The minimum Gasteiger partial charge on any atom is -0.494 e. The largest absolute Gasteiger partial charge is 0.494 e. The molecule has 0 aliphatic heterocycles. The first-order chi connectivity index (χ1) is 14.1. The predicted octanol–water partition coefficient (Wildman–Crippen LogP) is 5.35. The van der Waals surface area contributed by atoms with Gasteiger partial charge < -0.3 is 13.6 Å². The second-order valence-electron chi connectivity index (χ2n) is 6.40. The summed E-state index contributed by atoms with van der Waals surface area (Å²) in [6.45, 7) is 6.56. The Morgan fingerprint density at radius 3 is 2.17 bits per heavy atom. The van der Waals surface area contributed by atoms with Crippen LogP contribution in [0.4, 0.5) is 0 Å². The molecule has 0 aliphatic carbocycles. The third-order valence-corrected chi connectivity index (χ3v) is 5.11. The van der Waals surface area contributed by atoms with Crippen LogP contribution in [-0.4, -0.2) is 27.0 Å². The Morgan fingerprint density at radius 1 is 0.862 bits per heavy atom. The fourth-order valence-electron chi connectivity index (χ4n) is 2.65. The molecule has 2 heterocycles. The lowest BCUT2D eigenvalue weighted by molar-refractivity contribution is 0.340. The molecule has 0 aliphatic rings. The predicted molar refractivity (Wildman–Crippen MR) is 110 cm³/mol. The Hall–Kier alpha value is -3.13. The van der Waals surface area contributed by atoms with Gasteiger partial charge in [0.15, 0.2) is 0 Å². The highest BCUT2D eigenvalue weighted by Gasteiger charge is 2.20. The van der Waals surface area contributed by atoms with Crippen LogP contribution in [0.1, 0.15) is 30.6 Å². The van der Waals surface area contributed by atoms with Crippen molar-refractivity contribution in [1.29, 1.82) is 0 Å². The summed E-state index contributed by atoms with van der Waals surface area (Å²) in [5.74, 6) is 2.26. The first-order valence-electron chi connectivity index (χ1n) is 9.26. The van der Waals surface area contributed by atoms with E-state index in [1.807, 2.05) is 69.3 Å². The fraction of sp³-hybridized carbons (Fsp3) is 0.238. The minimum absolute atomic E-state index is 0.129. The topological polar surface area (TPSA) is 87.1 Å². The molecule has 0 N–H and O–H groups in total. The Morgan fingerprint density at radius 2 is 1.48 bits per heavy atom. The van der Waals surface area contributed by atoms with Gasteiger partial charge in [0.05, 0.1) is 11.9 Å². The van der Waals surface area contributed by atoms with Crippen molar-refractivity contribution in [2.24, 2.45) is 0 Å². The van der Waals surface area contributed by atoms with Crippen molar-refractivity contribution < 1.29 is 13.6 Å². The normalized spacial score (nSPS) is 12.1. The molecule has 0 bridgehead atoms. The van der Waals surface area contributed by atoms with E-state index in [-0.39, 0.29) is 5.25 Å². The highest BCUT2D eigenvalue weighted by atomic mass is 32.2. The van der Waals surface area contributed by atoms with Gasteiger partial charge in [-0.3, -0.25) is 0 Å². The fourth-order valence-corrected chi connectivity index (χ4v) is 3.36. The highest BCUT2D eigenvalue weighted by molar-refractivity contribution is 7.99. The smallest absolute Gasteiger partial charge is 0.277 e. The zero-order valence-electron chi connectivity index (χ0n) is 16.3. The first-order valence-corrected chi connectivity index (χ1v) is 10.1. The summed E-state index contributed by atoms with van der Waals surface area (Å²) >= 11 is 1.37. The van der Waals surface area contributed by atoms with Gasteiger partial charge in [-0.05, 0) is 57.2 Å². The van der Waals surface area contributed by atoms with Crippen LogP contribution < -0.4 is 4.74 Å². The van der Waals surface area contributed by atoms with Crippen molar-refractivity contribution in [2.75, 3.05) is 6.61 Å². The summed E-state index contributed by atoms with van der Waals surface area (Å²) < 4.78 is 17.0. The number of nitrogens with zero attached hydrogens (tertiary/aromatic N) is 4. The van der Waals surface area contributed by atoms with Crippen LogP contribution in [0.2, 0.25) is 0 Å². The highest BCUT2D eigenvalue weighted by Crippen LogP contribution is 2.35. The summed E-state index contributed by atoms with van der Waals surface area (Å²) in [5.41, 5.74) is 2.90. The molecule has 0 saturated heterocycles. The summed E-state index contributed by atoms with van der Waals surface area (Å²) in [5, 5.41) is 16.9. The number of hydrogen-bond donors (Lipinski definition) is 0. The number of aryl methyl sites for hydroxylation is 1. The van der Waals surface area contributed by atoms with Crippen LogP contribution in [0.3, 0.4) is 0 Å². The van der Waals surface area contributed by atoms with E-state index in [4.69, 9.17) is 13.6 Å². The first kappa shape index (κ1) is 19.2. The van der Waals surface area contributed by atoms with E-state index >= 15 is 0 Å². The van der Waals surface area contributed by atoms with Gasteiger partial charge in [0.2, 0.25) is 17.7 Å². The van der Waals surface area contributed by atoms with E-state index in [9.17, 15) is 0 Å². The lowest BCUT2D eigenvalue weighted by Gasteiger charge is -2.03. The summed E-state index contributed by atoms with van der Waals surface area (Å²) in [6.07, 6.45) is 0. The van der Waals surface area contributed by atoms with Gasteiger partial charge in [0, 0.05) is 11.1 Å². The molecule has 1 atom stereocenters. The van der Waals surface area contributed by atoms with Gasteiger partial charge in [0.1, 0.15) is 5.75 Å². The summed E-state index contributed by atoms with van der Waals surface area (Å²) in [7, 11) is 0. The molecular formula is C21H20N4O3S. The summed E-state index contributed by atoms with van der Waals surface area (Å²) in [4.78, 5) is 0. The average molecular weight is 408 g/mol. The molecule has 2 aromatic heterocycles. The molecule has 4 aromatic rings. The van der Waals surface area contributed by atoms with Crippen molar-refractivity contribution in [3.63, 3.8) is 0 Å². The molecule has 7 nitrogen and oxygen atoms in total. The third-order valence-electron chi connectivity index (χ3n) is 4.18. The molecule has 0 unspecified atom stereocenters. The van der Waals surface area contributed by atoms with Gasteiger partial charge >= 0.3 is 0 Å². The summed E-state index contributed by atoms with van der Waals surface area (Å²) in [6, 6.07) is 15.5. The molecular weight excluding hydrogens is 388 g/mol. The maximum absolute atomic E-state index is 5.82. The molecule has 2 aromatic carbocycles. The minimum atomic E-state index is -0.129.